The first kappa shape index (κ1) is 19.7. The topological polar surface area (TPSA) is 78.8 Å². The van der Waals surface area contributed by atoms with E-state index in [2.05, 4.69) is 10.3 Å². The van der Waals surface area contributed by atoms with E-state index >= 15 is 0 Å². The lowest BCUT2D eigenvalue weighted by Gasteiger charge is -2.23. The van der Waals surface area contributed by atoms with Gasteiger partial charge in [-0.25, -0.2) is 8.42 Å². The Bertz CT molecular complexity index is 979. The number of benzene rings is 2. The van der Waals surface area contributed by atoms with Crippen molar-refractivity contribution in [2.24, 2.45) is 4.99 Å². The maximum absolute atomic E-state index is 13.1. The maximum atomic E-state index is 13.1. The molecule has 0 unspecified atom stereocenters. The van der Waals surface area contributed by atoms with Crippen molar-refractivity contribution in [3.63, 3.8) is 0 Å². The second kappa shape index (κ2) is 8.33. The number of anilines is 1. The van der Waals surface area contributed by atoms with Crippen LogP contribution in [0.2, 0.25) is 5.02 Å². The van der Waals surface area contributed by atoms with Crippen molar-refractivity contribution in [3.05, 3.63) is 59.1 Å². The van der Waals surface area contributed by atoms with Gasteiger partial charge in [-0.05, 0) is 37.3 Å². The lowest BCUT2D eigenvalue weighted by atomic mass is 10.2. The number of carbonyl (C=O) groups excluding carboxylic acids is 1. The van der Waals surface area contributed by atoms with Crippen LogP contribution in [0.5, 0.6) is 0 Å². The molecule has 6 nitrogen and oxygen atoms in total. The van der Waals surface area contributed by atoms with E-state index in [0.717, 1.165) is 5.75 Å². The van der Waals surface area contributed by atoms with E-state index in [1.54, 1.807) is 31.2 Å². The minimum absolute atomic E-state index is 0.00349. The summed E-state index contributed by atoms with van der Waals surface area (Å²) >= 11 is 7.58. The maximum Gasteiger partial charge on any atom is 0.264 e. The largest absolute Gasteiger partial charge is 0.301 e. The molecule has 1 aliphatic heterocycles. The van der Waals surface area contributed by atoms with Crippen LogP contribution in [0.3, 0.4) is 0 Å². The molecule has 0 saturated heterocycles. The van der Waals surface area contributed by atoms with Crippen molar-refractivity contribution in [3.8, 4) is 0 Å². The molecule has 0 spiro atoms. The molecular weight excluding hydrogens is 406 g/mol. The van der Waals surface area contributed by atoms with Crippen molar-refractivity contribution in [2.75, 3.05) is 23.1 Å². The summed E-state index contributed by atoms with van der Waals surface area (Å²) in [7, 11) is -3.84. The van der Waals surface area contributed by atoms with Gasteiger partial charge in [-0.3, -0.25) is 14.1 Å². The minimum atomic E-state index is -3.84. The van der Waals surface area contributed by atoms with E-state index in [-0.39, 0.29) is 22.0 Å². The van der Waals surface area contributed by atoms with Crippen LogP contribution in [0.25, 0.3) is 0 Å². The number of sulfonamides is 1. The van der Waals surface area contributed by atoms with Crippen LogP contribution >= 0.6 is 23.4 Å². The zero-order valence-corrected chi connectivity index (χ0v) is 16.9. The van der Waals surface area contributed by atoms with Crippen molar-refractivity contribution in [1.29, 1.82) is 0 Å². The Morgan fingerprint density at radius 3 is 2.63 bits per heavy atom. The highest BCUT2D eigenvalue weighted by atomic mass is 35.5. The molecule has 2 aromatic carbocycles. The fourth-order valence-electron chi connectivity index (χ4n) is 2.63. The lowest BCUT2D eigenvalue weighted by molar-refractivity contribution is 0.0978. The van der Waals surface area contributed by atoms with E-state index < -0.39 is 15.9 Å². The number of aliphatic imine (C=N–C) groups is 1. The number of hydrogen-bond acceptors (Lipinski definition) is 5. The molecule has 0 atom stereocenters. The Labute approximate surface area is 167 Å². The highest BCUT2D eigenvalue weighted by Crippen LogP contribution is 2.26. The van der Waals surface area contributed by atoms with Gasteiger partial charge in [0, 0.05) is 12.3 Å². The van der Waals surface area contributed by atoms with Crippen LogP contribution in [0, 0.1) is 0 Å². The number of amides is 1. The van der Waals surface area contributed by atoms with E-state index in [9.17, 15) is 13.2 Å². The molecule has 2 aromatic rings. The van der Waals surface area contributed by atoms with Crippen molar-refractivity contribution < 1.29 is 13.2 Å². The van der Waals surface area contributed by atoms with Crippen LogP contribution < -0.4 is 9.62 Å². The van der Waals surface area contributed by atoms with Crippen LogP contribution in [-0.2, 0) is 10.0 Å². The number of carbonyl (C=O) groups is 1. The number of nitrogens with zero attached hydrogens (tertiary/aromatic N) is 2. The Hall–Kier alpha value is -2.03. The molecule has 0 saturated carbocycles. The smallest absolute Gasteiger partial charge is 0.264 e. The molecule has 142 valence electrons. The number of nitrogens with one attached hydrogen (secondary N) is 1. The number of amidine groups is 1. The third-order valence-corrected chi connectivity index (χ3v) is 7.03. The molecule has 0 aliphatic carbocycles. The summed E-state index contributed by atoms with van der Waals surface area (Å²) in [5.41, 5.74) is 0.648. The summed E-state index contributed by atoms with van der Waals surface area (Å²) in [6.07, 6.45) is 0. The average Bonchev–Trinajstić information content (AvgIpc) is 3.16. The van der Waals surface area contributed by atoms with E-state index in [1.165, 1.54) is 34.3 Å². The number of hydrogen-bond donors (Lipinski definition) is 1. The van der Waals surface area contributed by atoms with Crippen LogP contribution in [0.4, 0.5) is 5.69 Å². The quantitative estimate of drug-likeness (QED) is 0.799. The Morgan fingerprint density at radius 1 is 1.26 bits per heavy atom. The Morgan fingerprint density at radius 2 is 2.00 bits per heavy atom. The lowest BCUT2D eigenvalue weighted by Crippen LogP contribution is -2.31. The van der Waals surface area contributed by atoms with Crippen LogP contribution in [-0.4, -0.2) is 38.3 Å². The first-order valence-electron chi connectivity index (χ1n) is 8.29. The molecule has 1 heterocycles. The van der Waals surface area contributed by atoms with Gasteiger partial charge in [0.2, 0.25) is 0 Å². The summed E-state index contributed by atoms with van der Waals surface area (Å²) < 4.78 is 27.5. The predicted octanol–water partition coefficient (Wildman–Crippen LogP) is 3.39. The van der Waals surface area contributed by atoms with Gasteiger partial charge in [0.15, 0.2) is 5.17 Å². The molecule has 0 fully saturated rings. The monoisotopic (exact) mass is 423 g/mol. The van der Waals surface area contributed by atoms with Gasteiger partial charge >= 0.3 is 0 Å². The Balaban J connectivity index is 1.95. The first-order valence-corrected chi connectivity index (χ1v) is 11.1. The summed E-state index contributed by atoms with van der Waals surface area (Å²) in [5.74, 6) is 0.327. The second-order valence-electron chi connectivity index (χ2n) is 5.64. The number of thioether (sulfide) groups is 1. The van der Waals surface area contributed by atoms with Crippen molar-refractivity contribution in [2.45, 2.75) is 11.8 Å². The van der Waals surface area contributed by atoms with E-state index in [4.69, 9.17) is 11.6 Å². The van der Waals surface area contributed by atoms with Crippen LogP contribution in [0.15, 0.2) is 58.4 Å². The average molecular weight is 424 g/mol. The standard InChI is InChI=1S/C18H18ClN3O3S2/c1-2-22(13-6-4-3-5-7-13)27(24,25)14-8-9-16(19)15(12-14)17(23)21-18-20-10-11-26-18/h3-9,12H,2,10-11H2,1H3,(H,20,21,23). The normalized spacial score (nSPS) is 13.9. The molecule has 0 radical (unpaired) electrons. The molecule has 9 heteroatoms. The van der Waals surface area contributed by atoms with Gasteiger partial charge in [0.25, 0.3) is 15.9 Å². The molecule has 27 heavy (non-hydrogen) atoms. The third kappa shape index (κ3) is 4.28. The predicted molar refractivity (Wildman–Crippen MR) is 110 cm³/mol. The zero-order valence-electron chi connectivity index (χ0n) is 14.6. The molecule has 0 aromatic heterocycles. The van der Waals surface area contributed by atoms with Gasteiger partial charge in [-0.15, -0.1) is 0 Å². The summed E-state index contributed by atoms with van der Waals surface area (Å²) in [5, 5.41) is 3.37. The molecule has 1 amide bonds. The molecule has 0 bridgehead atoms. The molecule has 1 aliphatic rings. The Kier molecular flexibility index (Phi) is 6.08. The van der Waals surface area contributed by atoms with Crippen molar-refractivity contribution in [1.82, 2.24) is 5.32 Å². The number of halogens is 1. The van der Waals surface area contributed by atoms with Gasteiger partial charge in [0.05, 0.1) is 27.7 Å². The summed E-state index contributed by atoms with van der Waals surface area (Å²) in [6, 6.07) is 12.9. The van der Waals surface area contributed by atoms with Gasteiger partial charge in [0.1, 0.15) is 0 Å². The summed E-state index contributed by atoms with van der Waals surface area (Å²) in [4.78, 5) is 16.7. The second-order valence-corrected chi connectivity index (χ2v) is 8.99. The number of rotatable bonds is 5. The molecule has 3 rings (SSSR count). The third-order valence-electron chi connectivity index (χ3n) is 3.91. The van der Waals surface area contributed by atoms with Crippen LogP contribution in [0.1, 0.15) is 17.3 Å². The number of para-hydroxylation sites is 1. The highest BCUT2D eigenvalue weighted by molar-refractivity contribution is 8.14. The molecular formula is C18H18ClN3O3S2. The van der Waals surface area contributed by atoms with E-state index in [1.807, 2.05) is 6.07 Å². The highest BCUT2D eigenvalue weighted by Gasteiger charge is 2.26. The van der Waals surface area contributed by atoms with Crippen molar-refractivity contribution >= 4 is 50.1 Å². The fraction of sp³-hybridized carbons (Fsp3) is 0.222. The van der Waals surface area contributed by atoms with E-state index in [0.29, 0.717) is 17.4 Å². The molecule has 1 N–H and O–H groups in total. The fourth-order valence-corrected chi connectivity index (χ4v) is 5.05. The first-order chi connectivity index (χ1) is 12.9. The zero-order chi connectivity index (χ0) is 19.4. The SMILES string of the molecule is CCN(c1ccccc1)S(=O)(=O)c1ccc(Cl)c(C(=O)NC2=NCCS2)c1. The minimum Gasteiger partial charge on any atom is -0.301 e. The summed E-state index contributed by atoms with van der Waals surface area (Å²) in [6.45, 7) is 2.65. The van der Waals surface area contributed by atoms with Gasteiger partial charge < -0.3 is 5.32 Å². The van der Waals surface area contributed by atoms with Gasteiger partial charge in [-0.2, -0.15) is 0 Å². The van der Waals surface area contributed by atoms with Gasteiger partial charge in [-0.1, -0.05) is 41.6 Å².